The van der Waals surface area contributed by atoms with Gasteiger partial charge in [0.2, 0.25) is 0 Å². The van der Waals surface area contributed by atoms with Crippen LogP contribution in [-0.2, 0) is 22.9 Å². The first-order chi connectivity index (χ1) is 9.85. The third kappa shape index (κ3) is 5.09. The highest BCUT2D eigenvalue weighted by molar-refractivity contribution is 7.91. The number of rotatable bonds is 5. The fourth-order valence-corrected chi connectivity index (χ4v) is 4.21. The zero-order valence-electron chi connectivity index (χ0n) is 13.2. The molecule has 0 saturated carbocycles. The minimum atomic E-state index is -2.83. The fraction of sp³-hybridized carbons (Fsp3) is 0.625. The van der Waals surface area contributed by atoms with Gasteiger partial charge in [-0.25, -0.2) is 8.42 Å². The van der Waals surface area contributed by atoms with Gasteiger partial charge in [0.15, 0.2) is 9.84 Å². The number of hydrogen-bond donors (Lipinski definition) is 1. The fourth-order valence-electron chi connectivity index (χ4n) is 2.59. The van der Waals surface area contributed by atoms with E-state index in [4.69, 9.17) is 0 Å². The Labute approximate surface area is 128 Å². The van der Waals surface area contributed by atoms with Gasteiger partial charge in [-0.15, -0.1) is 0 Å². The lowest BCUT2D eigenvalue weighted by molar-refractivity contribution is 0.218. The van der Waals surface area contributed by atoms with Gasteiger partial charge in [-0.3, -0.25) is 4.90 Å². The summed E-state index contributed by atoms with van der Waals surface area (Å²) in [6, 6.07) is 9.18. The first kappa shape index (κ1) is 16.5. The predicted molar refractivity (Wildman–Crippen MR) is 86.9 cm³/mol. The van der Waals surface area contributed by atoms with Crippen molar-refractivity contribution in [3.8, 4) is 0 Å². The van der Waals surface area contributed by atoms with E-state index in [1.165, 1.54) is 11.1 Å². The third-order valence-corrected chi connectivity index (χ3v) is 5.73. The number of nitrogens with one attached hydrogen (secondary N) is 1. The van der Waals surface area contributed by atoms with Gasteiger partial charge in [0.1, 0.15) is 0 Å². The summed E-state index contributed by atoms with van der Waals surface area (Å²) in [6.45, 7) is 8.63. The highest BCUT2D eigenvalue weighted by Crippen LogP contribution is 2.15. The lowest BCUT2D eigenvalue weighted by Gasteiger charge is -2.33. The normalized spacial score (nSPS) is 22.6. The molecule has 5 heteroatoms. The van der Waals surface area contributed by atoms with Crippen molar-refractivity contribution < 1.29 is 8.42 Å². The molecule has 0 spiro atoms. The van der Waals surface area contributed by atoms with E-state index in [2.05, 4.69) is 48.3 Å². The van der Waals surface area contributed by atoms with Crippen molar-refractivity contribution in [2.75, 3.05) is 18.1 Å². The molecule has 1 aliphatic heterocycles. The van der Waals surface area contributed by atoms with E-state index in [-0.39, 0.29) is 17.5 Å². The zero-order chi connectivity index (χ0) is 15.5. The topological polar surface area (TPSA) is 49.4 Å². The van der Waals surface area contributed by atoms with Gasteiger partial charge in [-0.05, 0) is 18.1 Å². The maximum atomic E-state index is 11.6. The molecule has 1 atom stereocenters. The van der Waals surface area contributed by atoms with Gasteiger partial charge in [-0.2, -0.15) is 0 Å². The molecule has 1 saturated heterocycles. The second kappa shape index (κ2) is 6.90. The van der Waals surface area contributed by atoms with Crippen LogP contribution in [-0.4, -0.2) is 43.5 Å². The molecule has 0 radical (unpaired) electrons. The third-order valence-electron chi connectivity index (χ3n) is 3.93. The van der Waals surface area contributed by atoms with Crippen LogP contribution in [0.1, 0.15) is 31.9 Å². The number of nitrogens with zero attached hydrogens (tertiary/aromatic N) is 1. The van der Waals surface area contributed by atoms with Gasteiger partial charge >= 0.3 is 0 Å². The molecule has 1 aliphatic rings. The monoisotopic (exact) mass is 310 g/mol. The van der Waals surface area contributed by atoms with Crippen LogP contribution in [0.2, 0.25) is 0 Å². The predicted octanol–water partition coefficient (Wildman–Crippen LogP) is 1.80. The summed E-state index contributed by atoms with van der Waals surface area (Å²) in [6.07, 6.45) is 0. The van der Waals surface area contributed by atoms with Gasteiger partial charge in [0.05, 0.1) is 11.5 Å². The van der Waals surface area contributed by atoms with Crippen molar-refractivity contribution >= 4 is 9.84 Å². The summed E-state index contributed by atoms with van der Waals surface area (Å²) >= 11 is 0. The van der Waals surface area contributed by atoms with Gasteiger partial charge in [0, 0.05) is 31.7 Å². The quantitative estimate of drug-likeness (QED) is 0.901. The van der Waals surface area contributed by atoms with Gasteiger partial charge in [-0.1, -0.05) is 38.1 Å². The molecule has 118 valence electrons. The molecule has 0 bridgehead atoms. The van der Waals surface area contributed by atoms with Crippen molar-refractivity contribution in [3.05, 3.63) is 35.4 Å². The molecular formula is C16H26N2O2S. The Morgan fingerprint density at radius 3 is 2.43 bits per heavy atom. The molecule has 1 aromatic carbocycles. The van der Waals surface area contributed by atoms with E-state index in [9.17, 15) is 8.42 Å². The van der Waals surface area contributed by atoms with Crippen LogP contribution in [0.5, 0.6) is 0 Å². The average Bonchev–Trinajstić information content (AvgIpc) is 2.40. The van der Waals surface area contributed by atoms with E-state index in [0.717, 1.165) is 13.1 Å². The molecule has 0 amide bonds. The summed E-state index contributed by atoms with van der Waals surface area (Å²) in [5, 5.41) is 3.40. The number of hydrogen-bond acceptors (Lipinski definition) is 4. The van der Waals surface area contributed by atoms with Crippen LogP contribution < -0.4 is 5.32 Å². The molecule has 1 fully saturated rings. The van der Waals surface area contributed by atoms with Gasteiger partial charge in [0.25, 0.3) is 0 Å². The van der Waals surface area contributed by atoms with Crippen LogP contribution in [0.4, 0.5) is 0 Å². The van der Waals surface area contributed by atoms with Crippen LogP contribution in [0.25, 0.3) is 0 Å². The zero-order valence-corrected chi connectivity index (χ0v) is 14.0. The van der Waals surface area contributed by atoms with E-state index in [1.54, 1.807) is 0 Å². The molecule has 0 aliphatic carbocycles. The standard InChI is InChI=1S/C16H26N2O2S/c1-13(2)17-10-15-4-6-16(7-5-15)11-18-8-9-21(19,20)12-14(18)3/h4-7,13-14,17H,8-12H2,1-3H3. The molecule has 21 heavy (non-hydrogen) atoms. The Morgan fingerprint density at radius 1 is 1.24 bits per heavy atom. The number of benzene rings is 1. The largest absolute Gasteiger partial charge is 0.310 e. The van der Waals surface area contributed by atoms with Crippen molar-refractivity contribution in [3.63, 3.8) is 0 Å². The van der Waals surface area contributed by atoms with E-state index in [0.29, 0.717) is 12.6 Å². The maximum Gasteiger partial charge on any atom is 0.153 e. The van der Waals surface area contributed by atoms with Crippen molar-refractivity contribution in [2.45, 2.75) is 45.9 Å². The summed E-state index contributed by atoms with van der Waals surface area (Å²) in [5.74, 6) is 0.567. The second-order valence-corrected chi connectivity index (χ2v) is 8.51. The van der Waals surface area contributed by atoms with E-state index >= 15 is 0 Å². The molecular weight excluding hydrogens is 284 g/mol. The Morgan fingerprint density at radius 2 is 1.86 bits per heavy atom. The lowest BCUT2D eigenvalue weighted by Crippen LogP contribution is -2.46. The number of sulfone groups is 1. The maximum absolute atomic E-state index is 11.6. The summed E-state index contributed by atoms with van der Waals surface area (Å²) in [7, 11) is -2.83. The van der Waals surface area contributed by atoms with Crippen molar-refractivity contribution in [2.24, 2.45) is 0 Å². The summed E-state index contributed by atoms with van der Waals surface area (Å²) < 4.78 is 23.2. The summed E-state index contributed by atoms with van der Waals surface area (Å²) in [4.78, 5) is 2.25. The molecule has 0 aromatic heterocycles. The van der Waals surface area contributed by atoms with Crippen LogP contribution in [0.3, 0.4) is 0 Å². The SMILES string of the molecule is CC(C)NCc1ccc(CN2CCS(=O)(=O)CC2C)cc1. The molecule has 1 aromatic rings. The van der Waals surface area contributed by atoms with E-state index in [1.807, 2.05) is 6.92 Å². The van der Waals surface area contributed by atoms with Crippen LogP contribution in [0.15, 0.2) is 24.3 Å². The van der Waals surface area contributed by atoms with Crippen molar-refractivity contribution in [1.82, 2.24) is 10.2 Å². The highest BCUT2D eigenvalue weighted by atomic mass is 32.2. The minimum absolute atomic E-state index is 0.103. The van der Waals surface area contributed by atoms with Crippen LogP contribution in [0, 0.1) is 0 Å². The Kier molecular flexibility index (Phi) is 5.41. The van der Waals surface area contributed by atoms with Gasteiger partial charge < -0.3 is 5.32 Å². The molecule has 1 N–H and O–H groups in total. The van der Waals surface area contributed by atoms with E-state index < -0.39 is 9.84 Å². The smallest absolute Gasteiger partial charge is 0.153 e. The molecule has 1 heterocycles. The minimum Gasteiger partial charge on any atom is -0.310 e. The average molecular weight is 310 g/mol. The van der Waals surface area contributed by atoms with Crippen molar-refractivity contribution in [1.29, 1.82) is 0 Å². The lowest BCUT2D eigenvalue weighted by atomic mass is 10.1. The molecule has 1 unspecified atom stereocenters. The highest BCUT2D eigenvalue weighted by Gasteiger charge is 2.27. The second-order valence-electron chi connectivity index (χ2n) is 6.29. The first-order valence-electron chi connectivity index (χ1n) is 7.61. The Balaban J connectivity index is 1.91. The van der Waals surface area contributed by atoms with Crippen LogP contribution >= 0.6 is 0 Å². The summed E-state index contributed by atoms with van der Waals surface area (Å²) in [5.41, 5.74) is 2.52. The Hall–Kier alpha value is -0.910. The molecule has 4 nitrogen and oxygen atoms in total. The Bertz CT molecular complexity index is 552. The first-order valence-corrected chi connectivity index (χ1v) is 9.43. The molecule has 2 rings (SSSR count).